The maximum atomic E-state index is 11.4. The van der Waals surface area contributed by atoms with Crippen LogP contribution in [-0.4, -0.2) is 29.5 Å². The van der Waals surface area contributed by atoms with Crippen molar-refractivity contribution < 1.29 is 24.2 Å². The van der Waals surface area contributed by atoms with Crippen molar-refractivity contribution in [1.82, 2.24) is 5.32 Å². The van der Waals surface area contributed by atoms with Crippen molar-refractivity contribution in [2.45, 2.75) is 19.1 Å². The first-order valence-electron chi connectivity index (χ1n) is 5.25. The number of carbonyl (C=O) groups excluding carboxylic acids is 2. The van der Waals surface area contributed by atoms with E-state index in [1.54, 1.807) is 24.3 Å². The van der Waals surface area contributed by atoms with Crippen LogP contribution in [0.4, 0.5) is 0 Å². The second-order valence-corrected chi connectivity index (χ2v) is 3.53. The Labute approximate surface area is 104 Å². The van der Waals surface area contributed by atoms with E-state index in [4.69, 9.17) is 9.84 Å². The summed E-state index contributed by atoms with van der Waals surface area (Å²) in [6.45, 7) is 0.0765. The summed E-state index contributed by atoms with van der Waals surface area (Å²) in [5.41, 5.74) is 0.807. The topological polar surface area (TPSA) is 92.7 Å². The highest BCUT2D eigenvalue weighted by Gasteiger charge is 2.21. The molecule has 0 aliphatic carbocycles. The number of nitrogens with one attached hydrogen (secondary N) is 1. The molecule has 0 bridgehead atoms. The number of amides is 1. The zero-order valence-electron chi connectivity index (χ0n) is 9.54. The Morgan fingerprint density at radius 2 is 2.00 bits per heavy atom. The second kappa shape index (κ2) is 7.05. The van der Waals surface area contributed by atoms with Gasteiger partial charge in [-0.25, -0.2) is 4.79 Å². The lowest BCUT2D eigenvalue weighted by molar-refractivity contribution is -0.150. The number of benzene rings is 1. The van der Waals surface area contributed by atoms with E-state index >= 15 is 0 Å². The summed E-state index contributed by atoms with van der Waals surface area (Å²) in [5, 5.41) is 10.7. The van der Waals surface area contributed by atoms with Gasteiger partial charge in [0.25, 0.3) is 0 Å². The van der Waals surface area contributed by atoms with Crippen molar-refractivity contribution in [3.8, 4) is 0 Å². The van der Waals surface area contributed by atoms with Crippen LogP contribution in [0.2, 0.25) is 0 Å². The van der Waals surface area contributed by atoms with Gasteiger partial charge in [-0.1, -0.05) is 30.3 Å². The van der Waals surface area contributed by atoms with Gasteiger partial charge in [0.15, 0.2) is 0 Å². The number of carboxylic acids is 1. The molecule has 0 heterocycles. The van der Waals surface area contributed by atoms with Gasteiger partial charge in [-0.2, -0.15) is 0 Å². The molecule has 1 aromatic carbocycles. The predicted octanol–water partition coefficient (Wildman–Crippen LogP) is 0.319. The number of hydrogen-bond acceptors (Lipinski definition) is 4. The first kappa shape index (κ1) is 13.7. The third-order valence-electron chi connectivity index (χ3n) is 2.18. The van der Waals surface area contributed by atoms with Crippen LogP contribution < -0.4 is 5.32 Å². The van der Waals surface area contributed by atoms with Crippen molar-refractivity contribution in [1.29, 1.82) is 0 Å². The minimum Gasteiger partial charge on any atom is -0.480 e. The number of hydrogen-bond donors (Lipinski definition) is 2. The minimum atomic E-state index is -1.28. The van der Waals surface area contributed by atoms with Crippen molar-refractivity contribution in [2.75, 3.05) is 0 Å². The van der Waals surface area contributed by atoms with Gasteiger partial charge in [-0.15, -0.1) is 0 Å². The van der Waals surface area contributed by atoms with Gasteiger partial charge >= 0.3 is 11.9 Å². The maximum absolute atomic E-state index is 11.4. The smallest absolute Gasteiger partial charge is 0.326 e. The molecule has 6 heteroatoms. The number of rotatable bonds is 7. The molecule has 2 N–H and O–H groups in total. The normalized spacial score (nSPS) is 11.3. The number of carbonyl (C=O) groups is 3. The fourth-order valence-corrected chi connectivity index (χ4v) is 1.26. The number of carboxylic acid groups (broad SMARTS) is 1. The zero-order valence-corrected chi connectivity index (χ0v) is 9.54. The molecule has 1 aromatic rings. The van der Waals surface area contributed by atoms with E-state index in [1.807, 2.05) is 11.4 Å². The van der Waals surface area contributed by atoms with E-state index in [9.17, 15) is 14.4 Å². The first-order valence-corrected chi connectivity index (χ1v) is 5.25. The highest BCUT2D eigenvalue weighted by molar-refractivity contribution is 5.83. The number of aliphatic carboxylic acids is 1. The average Bonchev–Trinajstić information content (AvgIpc) is 2.37. The van der Waals surface area contributed by atoms with Crippen LogP contribution in [0, 0.1) is 0 Å². The van der Waals surface area contributed by atoms with Gasteiger partial charge < -0.3 is 15.2 Å². The molecule has 0 aliphatic heterocycles. The van der Waals surface area contributed by atoms with Crippen LogP contribution in [-0.2, 0) is 25.7 Å². The molecule has 0 radical (unpaired) electrons. The van der Waals surface area contributed by atoms with E-state index in [-0.39, 0.29) is 13.0 Å². The summed E-state index contributed by atoms with van der Waals surface area (Å²) in [7, 11) is 0. The zero-order chi connectivity index (χ0) is 13.4. The Morgan fingerprint density at radius 1 is 1.33 bits per heavy atom. The van der Waals surface area contributed by atoms with Gasteiger partial charge in [0, 0.05) is 0 Å². The quantitative estimate of drug-likeness (QED) is 0.537. The molecule has 0 fully saturated rings. The Hall–Kier alpha value is -2.37. The third-order valence-corrected chi connectivity index (χ3v) is 2.18. The van der Waals surface area contributed by atoms with Crippen LogP contribution in [0.5, 0.6) is 0 Å². The van der Waals surface area contributed by atoms with E-state index in [0.29, 0.717) is 0 Å². The molecule has 0 spiro atoms. The molecule has 0 aliphatic rings. The molecule has 0 saturated carbocycles. The summed E-state index contributed by atoms with van der Waals surface area (Å²) in [6, 6.07) is 7.75. The van der Waals surface area contributed by atoms with Gasteiger partial charge in [0.2, 0.25) is 6.41 Å². The molecule has 1 amide bonds. The Morgan fingerprint density at radius 3 is 2.56 bits per heavy atom. The first-order chi connectivity index (χ1) is 8.63. The van der Waals surface area contributed by atoms with E-state index in [2.05, 4.69) is 0 Å². The molecule has 96 valence electrons. The summed E-state index contributed by atoms with van der Waals surface area (Å²) in [5.74, 6) is -1.96. The van der Waals surface area contributed by atoms with Crippen molar-refractivity contribution in [2.24, 2.45) is 0 Å². The molecule has 6 nitrogen and oxygen atoms in total. The van der Waals surface area contributed by atoms with Crippen LogP contribution in [0.15, 0.2) is 30.3 Å². The standard InChI is InChI=1S/C12H13NO5/c14-8-13-10(12(16)17)6-11(15)18-7-9-4-2-1-3-5-9/h1-5,8,10H,6-7H2,(H,13,14)(H,16,17)/t10-/m0/s1. The molecule has 1 atom stereocenters. The van der Waals surface area contributed by atoms with Crippen LogP contribution in [0.25, 0.3) is 0 Å². The average molecular weight is 251 g/mol. The molecule has 1 rings (SSSR count). The lowest BCUT2D eigenvalue weighted by Crippen LogP contribution is -2.38. The van der Waals surface area contributed by atoms with Crippen molar-refractivity contribution in [3.63, 3.8) is 0 Å². The predicted molar refractivity (Wildman–Crippen MR) is 61.5 cm³/mol. The fourth-order valence-electron chi connectivity index (χ4n) is 1.26. The van der Waals surface area contributed by atoms with Crippen LogP contribution in [0.3, 0.4) is 0 Å². The van der Waals surface area contributed by atoms with Gasteiger partial charge in [-0.3, -0.25) is 9.59 Å². The minimum absolute atomic E-state index is 0.0765. The Bertz CT molecular complexity index is 418. The number of ether oxygens (including phenoxy) is 1. The summed E-state index contributed by atoms with van der Waals surface area (Å²) >= 11 is 0. The summed E-state index contributed by atoms with van der Waals surface area (Å²) in [4.78, 5) is 32.2. The molecule has 0 aromatic heterocycles. The van der Waals surface area contributed by atoms with Crippen LogP contribution in [0.1, 0.15) is 12.0 Å². The third kappa shape index (κ3) is 4.65. The highest BCUT2D eigenvalue weighted by atomic mass is 16.5. The number of esters is 1. The molecule has 0 saturated heterocycles. The maximum Gasteiger partial charge on any atom is 0.326 e. The lowest BCUT2D eigenvalue weighted by atomic mass is 10.2. The SMILES string of the molecule is O=CN[C@@H](CC(=O)OCc1ccccc1)C(=O)O. The molecular formula is C12H13NO5. The Balaban J connectivity index is 2.41. The van der Waals surface area contributed by atoms with Gasteiger partial charge in [0.05, 0.1) is 6.42 Å². The summed E-state index contributed by atoms with van der Waals surface area (Å²) in [6.07, 6.45) is -0.163. The fraction of sp³-hybridized carbons (Fsp3) is 0.250. The van der Waals surface area contributed by atoms with E-state index in [1.165, 1.54) is 0 Å². The summed E-state index contributed by atoms with van der Waals surface area (Å²) < 4.78 is 4.90. The van der Waals surface area contributed by atoms with Crippen molar-refractivity contribution in [3.05, 3.63) is 35.9 Å². The second-order valence-electron chi connectivity index (χ2n) is 3.53. The molecule has 18 heavy (non-hydrogen) atoms. The van der Waals surface area contributed by atoms with Crippen LogP contribution >= 0.6 is 0 Å². The van der Waals surface area contributed by atoms with E-state index in [0.717, 1.165) is 5.56 Å². The highest BCUT2D eigenvalue weighted by Crippen LogP contribution is 2.03. The largest absolute Gasteiger partial charge is 0.480 e. The lowest BCUT2D eigenvalue weighted by Gasteiger charge is -2.10. The van der Waals surface area contributed by atoms with Crippen molar-refractivity contribution >= 4 is 18.3 Å². The van der Waals surface area contributed by atoms with Gasteiger partial charge in [0.1, 0.15) is 12.6 Å². The Kier molecular flexibility index (Phi) is 5.37. The van der Waals surface area contributed by atoms with Gasteiger partial charge in [-0.05, 0) is 5.56 Å². The molecule has 0 unspecified atom stereocenters. The monoisotopic (exact) mass is 251 g/mol. The van der Waals surface area contributed by atoms with E-state index < -0.39 is 24.4 Å². The molecular weight excluding hydrogens is 238 g/mol.